The molecule has 0 bridgehead atoms. The van der Waals surface area contributed by atoms with Gasteiger partial charge in [-0.05, 0) is 18.6 Å². The number of hydrogen-bond donors (Lipinski definition) is 2. The maximum Gasteiger partial charge on any atom is 0.241 e. The summed E-state index contributed by atoms with van der Waals surface area (Å²) in [4.78, 5) is 27.1. The number of pyridine rings is 1. The Morgan fingerprint density at radius 2 is 2.21 bits per heavy atom. The van der Waals surface area contributed by atoms with E-state index in [0.717, 1.165) is 17.5 Å². The highest BCUT2D eigenvalue weighted by atomic mass is 16.5. The van der Waals surface area contributed by atoms with Crippen LogP contribution in [0.15, 0.2) is 36.8 Å². The second kappa shape index (κ2) is 6.91. The summed E-state index contributed by atoms with van der Waals surface area (Å²) in [6, 6.07) is 3.70. The first kappa shape index (κ1) is 15.7. The standard InChI is InChI=1S/C17H17N5O2/c1-2-7-24-15-6-4-11(8-19-15)13-10-21-17-16(22-13)12(9-20-17)3-5-14(18)23/h3-6,8-10H,2,7H2,1H3,(H2,18,23)(H,20,21)/b5-3+. The van der Waals surface area contributed by atoms with Crippen molar-refractivity contribution in [3.05, 3.63) is 42.4 Å². The first-order valence-corrected chi connectivity index (χ1v) is 7.58. The lowest BCUT2D eigenvalue weighted by Crippen LogP contribution is -2.05. The highest BCUT2D eigenvalue weighted by Crippen LogP contribution is 2.22. The normalized spacial score (nSPS) is 11.2. The Morgan fingerprint density at radius 3 is 2.92 bits per heavy atom. The molecule has 0 saturated carbocycles. The molecule has 0 saturated heterocycles. The number of aromatic nitrogens is 4. The van der Waals surface area contributed by atoms with Crippen LogP contribution in [0.5, 0.6) is 5.88 Å². The Hall–Kier alpha value is -3.22. The van der Waals surface area contributed by atoms with E-state index in [9.17, 15) is 4.79 Å². The second-order valence-electron chi connectivity index (χ2n) is 5.17. The highest BCUT2D eigenvalue weighted by molar-refractivity contribution is 5.93. The number of rotatable bonds is 6. The van der Waals surface area contributed by atoms with Gasteiger partial charge in [-0.1, -0.05) is 6.92 Å². The summed E-state index contributed by atoms with van der Waals surface area (Å²) in [6.45, 7) is 2.68. The van der Waals surface area contributed by atoms with Crippen molar-refractivity contribution in [1.82, 2.24) is 19.9 Å². The zero-order valence-electron chi connectivity index (χ0n) is 13.2. The largest absolute Gasteiger partial charge is 0.478 e. The number of H-pyrrole nitrogens is 1. The van der Waals surface area contributed by atoms with E-state index in [0.29, 0.717) is 29.3 Å². The van der Waals surface area contributed by atoms with Gasteiger partial charge in [0.15, 0.2) is 5.65 Å². The summed E-state index contributed by atoms with van der Waals surface area (Å²) in [5.74, 6) is 0.0710. The fourth-order valence-corrected chi connectivity index (χ4v) is 2.17. The third kappa shape index (κ3) is 3.40. The van der Waals surface area contributed by atoms with E-state index in [1.807, 2.05) is 19.1 Å². The number of amides is 1. The molecule has 0 unspecified atom stereocenters. The lowest BCUT2D eigenvalue weighted by Gasteiger charge is -2.04. The van der Waals surface area contributed by atoms with Crippen molar-refractivity contribution in [3.63, 3.8) is 0 Å². The SMILES string of the molecule is CCCOc1ccc(-c2cnc3[nH]cc(/C=C/C(N)=O)c3n2)cn1. The Morgan fingerprint density at radius 1 is 1.33 bits per heavy atom. The molecule has 0 aromatic carbocycles. The van der Waals surface area contributed by atoms with Gasteiger partial charge in [-0.2, -0.15) is 0 Å². The fraction of sp³-hybridized carbons (Fsp3) is 0.176. The second-order valence-corrected chi connectivity index (χ2v) is 5.17. The Kier molecular flexibility index (Phi) is 4.51. The maximum atomic E-state index is 10.9. The molecule has 7 nitrogen and oxygen atoms in total. The van der Waals surface area contributed by atoms with E-state index >= 15 is 0 Å². The third-order valence-electron chi connectivity index (χ3n) is 3.32. The molecular weight excluding hydrogens is 306 g/mol. The number of fused-ring (bicyclic) bond motifs is 1. The van der Waals surface area contributed by atoms with Crippen molar-refractivity contribution in [2.45, 2.75) is 13.3 Å². The number of nitrogens with zero attached hydrogens (tertiary/aromatic N) is 3. The first-order chi connectivity index (χ1) is 11.7. The van der Waals surface area contributed by atoms with Crippen LogP contribution in [-0.2, 0) is 4.79 Å². The molecule has 3 heterocycles. The molecule has 7 heteroatoms. The molecule has 3 aromatic heterocycles. The van der Waals surface area contributed by atoms with Gasteiger partial charge in [0.1, 0.15) is 5.52 Å². The predicted molar refractivity (Wildman–Crippen MR) is 91.1 cm³/mol. The molecule has 0 aliphatic rings. The number of carbonyl (C=O) groups is 1. The molecule has 0 spiro atoms. The van der Waals surface area contributed by atoms with Crippen LogP contribution in [0.4, 0.5) is 0 Å². The van der Waals surface area contributed by atoms with Crippen molar-refractivity contribution in [1.29, 1.82) is 0 Å². The lowest BCUT2D eigenvalue weighted by atomic mass is 10.2. The Balaban J connectivity index is 1.92. The van der Waals surface area contributed by atoms with Gasteiger partial charge in [0, 0.05) is 35.7 Å². The van der Waals surface area contributed by atoms with Crippen LogP contribution >= 0.6 is 0 Å². The van der Waals surface area contributed by atoms with Crippen LogP contribution in [0.1, 0.15) is 18.9 Å². The van der Waals surface area contributed by atoms with E-state index in [2.05, 4.69) is 19.9 Å². The molecule has 0 radical (unpaired) electrons. The molecule has 0 aliphatic carbocycles. The van der Waals surface area contributed by atoms with Crippen molar-refractivity contribution >= 4 is 23.1 Å². The summed E-state index contributed by atoms with van der Waals surface area (Å²) in [6.07, 6.45) is 8.93. The monoisotopic (exact) mass is 323 g/mol. The number of carbonyl (C=O) groups excluding carboxylic acids is 1. The minimum atomic E-state index is -0.514. The van der Waals surface area contributed by atoms with Crippen LogP contribution in [0.3, 0.4) is 0 Å². The summed E-state index contributed by atoms with van der Waals surface area (Å²) >= 11 is 0. The average Bonchev–Trinajstić information content (AvgIpc) is 3.01. The van der Waals surface area contributed by atoms with Crippen LogP contribution in [0.2, 0.25) is 0 Å². The van der Waals surface area contributed by atoms with E-state index in [1.165, 1.54) is 6.08 Å². The van der Waals surface area contributed by atoms with Crippen molar-refractivity contribution in [3.8, 4) is 17.1 Å². The number of nitrogens with two attached hydrogens (primary N) is 1. The van der Waals surface area contributed by atoms with Gasteiger partial charge in [-0.3, -0.25) is 4.79 Å². The van der Waals surface area contributed by atoms with E-state index in [1.54, 1.807) is 24.7 Å². The summed E-state index contributed by atoms with van der Waals surface area (Å²) in [5.41, 5.74) is 8.69. The molecule has 122 valence electrons. The molecule has 0 fully saturated rings. The van der Waals surface area contributed by atoms with Gasteiger partial charge in [0.25, 0.3) is 0 Å². The molecule has 0 atom stereocenters. The van der Waals surface area contributed by atoms with Gasteiger partial charge in [0.05, 0.1) is 18.5 Å². The van der Waals surface area contributed by atoms with Crippen molar-refractivity contribution in [2.75, 3.05) is 6.61 Å². The number of ether oxygens (including phenoxy) is 1. The van der Waals surface area contributed by atoms with E-state index in [-0.39, 0.29) is 0 Å². The summed E-state index contributed by atoms with van der Waals surface area (Å²) in [7, 11) is 0. The number of primary amides is 1. The van der Waals surface area contributed by atoms with Crippen molar-refractivity contribution < 1.29 is 9.53 Å². The molecule has 1 amide bonds. The minimum Gasteiger partial charge on any atom is -0.478 e. The third-order valence-corrected chi connectivity index (χ3v) is 3.32. The zero-order chi connectivity index (χ0) is 16.9. The Bertz CT molecular complexity index is 884. The predicted octanol–water partition coefficient (Wildman–Crippen LogP) is 2.31. The summed E-state index contributed by atoms with van der Waals surface area (Å²) in [5, 5.41) is 0. The molecular formula is C17H17N5O2. The van der Waals surface area contributed by atoms with Crippen LogP contribution in [0, 0.1) is 0 Å². The van der Waals surface area contributed by atoms with Crippen LogP contribution in [-0.4, -0.2) is 32.4 Å². The quantitative estimate of drug-likeness (QED) is 0.677. The highest BCUT2D eigenvalue weighted by Gasteiger charge is 2.08. The first-order valence-electron chi connectivity index (χ1n) is 7.58. The topological polar surface area (TPSA) is 107 Å². The van der Waals surface area contributed by atoms with Gasteiger partial charge < -0.3 is 15.5 Å². The van der Waals surface area contributed by atoms with E-state index in [4.69, 9.17) is 10.5 Å². The number of hydrogen-bond acceptors (Lipinski definition) is 5. The average molecular weight is 323 g/mol. The minimum absolute atomic E-state index is 0.514. The van der Waals surface area contributed by atoms with Crippen LogP contribution < -0.4 is 10.5 Å². The molecule has 0 aliphatic heterocycles. The van der Waals surface area contributed by atoms with Crippen LogP contribution in [0.25, 0.3) is 28.5 Å². The van der Waals surface area contributed by atoms with Gasteiger partial charge in [-0.25, -0.2) is 15.0 Å². The zero-order valence-corrected chi connectivity index (χ0v) is 13.2. The Labute approximate surface area is 138 Å². The summed E-state index contributed by atoms with van der Waals surface area (Å²) < 4.78 is 5.47. The number of nitrogens with one attached hydrogen (secondary N) is 1. The molecule has 24 heavy (non-hydrogen) atoms. The molecule has 3 N–H and O–H groups in total. The number of aromatic amines is 1. The van der Waals surface area contributed by atoms with E-state index < -0.39 is 5.91 Å². The van der Waals surface area contributed by atoms with Gasteiger partial charge in [0.2, 0.25) is 11.8 Å². The van der Waals surface area contributed by atoms with Gasteiger partial charge in [-0.15, -0.1) is 0 Å². The maximum absolute atomic E-state index is 10.9. The van der Waals surface area contributed by atoms with Crippen molar-refractivity contribution in [2.24, 2.45) is 5.73 Å². The lowest BCUT2D eigenvalue weighted by molar-refractivity contribution is -0.113. The van der Waals surface area contributed by atoms with Gasteiger partial charge >= 0.3 is 0 Å². The molecule has 3 rings (SSSR count). The fourth-order valence-electron chi connectivity index (χ4n) is 2.17. The smallest absolute Gasteiger partial charge is 0.241 e. The molecule has 3 aromatic rings.